The SMILES string of the molecule is C=C(C)c1nc(-c2ccc(C(C)C)nc2OC)c(OC)cc1NC(C)COC. The van der Waals surface area contributed by atoms with E-state index in [0.29, 0.717) is 29.8 Å². The number of ether oxygens (including phenoxy) is 3. The van der Waals surface area contributed by atoms with E-state index < -0.39 is 0 Å². The Labute approximate surface area is 168 Å². The molecule has 0 spiro atoms. The highest BCUT2D eigenvalue weighted by molar-refractivity contribution is 5.79. The van der Waals surface area contributed by atoms with Crippen molar-refractivity contribution in [2.45, 2.75) is 39.7 Å². The van der Waals surface area contributed by atoms with Gasteiger partial charge < -0.3 is 19.5 Å². The zero-order valence-corrected chi connectivity index (χ0v) is 17.9. The summed E-state index contributed by atoms with van der Waals surface area (Å²) in [5.41, 5.74) is 4.89. The van der Waals surface area contributed by atoms with Crippen LogP contribution in [0, 0.1) is 0 Å². The third kappa shape index (κ3) is 4.81. The lowest BCUT2D eigenvalue weighted by Crippen LogP contribution is -2.22. The maximum atomic E-state index is 5.65. The second-order valence-corrected chi connectivity index (χ2v) is 7.16. The van der Waals surface area contributed by atoms with Crippen LogP contribution in [0.3, 0.4) is 0 Å². The van der Waals surface area contributed by atoms with Crippen LogP contribution in [0.25, 0.3) is 16.8 Å². The van der Waals surface area contributed by atoms with Gasteiger partial charge in [-0.05, 0) is 37.5 Å². The van der Waals surface area contributed by atoms with Crippen molar-refractivity contribution in [2.24, 2.45) is 0 Å². The van der Waals surface area contributed by atoms with Crippen LogP contribution in [0.4, 0.5) is 5.69 Å². The molecular formula is C22H31N3O3. The number of pyridine rings is 2. The minimum Gasteiger partial charge on any atom is -0.494 e. The quantitative estimate of drug-likeness (QED) is 0.671. The summed E-state index contributed by atoms with van der Waals surface area (Å²) in [6.45, 7) is 12.8. The molecule has 1 unspecified atom stereocenters. The molecule has 1 N–H and O–H groups in total. The van der Waals surface area contributed by atoms with Crippen molar-refractivity contribution in [2.75, 3.05) is 33.3 Å². The number of methoxy groups -OCH3 is 3. The normalized spacial score (nSPS) is 12.0. The van der Waals surface area contributed by atoms with Gasteiger partial charge in [0.05, 0.1) is 37.8 Å². The maximum absolute atomic E-state index is 5.65. The number of hydrogen-bond acceptors (Lipinski definition) is 6. The van der Waals surface area contributed by atoms with Crippen LogP contribution >= 0.6 is 0 Å². The largest absolute Gasteiger partial charge is 0.494 e. The zero-order chi connectivity index (χ0) is 20.8. The summed E-state index contributed by atoms with van der Waals surface area (Å²) in [4.78, 5) is 9.50. The molecule has 2 aromatic rings. The van der Waals surface area contributed by atoms with E-state index >= 15 is 0 Å². The Morgan fingerprint density at radius 2 is 1.82 bits per heavy atom. The van der Waals surface area contributed by atoms with Crippen molar-refractivity contribution < 1.29 is 14.2 Å². The highest BCUT2D eigenvalue weighted by atomic mass is 16.5. The van der Waals surface area contributed by atoms with Crippen LogP contribution in [-0.4, -0.2) is 43.9 Å². The van der Waals surface area contributed by atoms with E-state index in [4.69, 9.17) is 19.2 Å². The predicted octanol–water partition coefficient (Wildman–Crippen LogP) is 4.76. The molecule has 2 aromatic heterocycles. The molecule has 0 fully saturated rings. The van der Waals surface area contributed by atoms with E-state index in [1.165, 1.54) is 0 Å². The topological polar surface area (TPSA) is 65.5 Å². The van der Waals surface area contributed by atoms with Gasteiger partial charge in [0.1, 0.15) is 11.4 Å². The van der Waals surface area contributed by atoms with Gasteiger partial charge in [0.15, 0.2) is 0 Å². The molecule has 1 atom stereocenters. The van der Waals surface area contributed by atoms with Gasteiger partial charge >= 0.3 is 0 Å². The van der Waals surface area contributed by atoms with Crippen LogP contribution in [0.15, 0.2) is 24.8 Å². The van der Waals surface area contributed by atoms with Crippen LogP contribution in [0.1, 0.15) is 45.0 Å². The van der Waals surface area contributed by atoms with Crippen molar-refractivity contribution >= 4 is 11.3 Å². The second-order valence-electron chi connectivity index (χ2n) is 7.16. The van der Waals surface area contributed by atoms with E-state index in [0.717, 1.165) is 28.2 Å². The molecule has 0 amide bonds. The van der Waals surface area contributed by atoms with E-state index in [1.54, 1.807) is 21.3 Å². The number of allylic oxidation sites excluding steroid dienone is 1. The molecule has 0 saturated heterocycles. The average molecular weight is 386 g/mol. The summed E-state index contributed by atoms with van der Waals surface area (Å²) in [6, 6.07) is 6.03. The molecule has 0 aromatic carbocycles. The fraction of sp³-hybridized carbons (Fsp3) is 0.455. The van der Waals surface area contributed by atoms with Crippen LogP contribution in [0.5, 0.6) is 11.6 Å². The van der Waals surface area contributed by atoms with Crippen LogP contribution in [-0.2, 0) is 4.74 Å². The first-order valence-electron chi connectivity index (χ1n) is 9.38. The summed E-state index contributed by atoms with van der Waals surface area (Å²) in [7, 11) is 4.93. The molecule has 0 radical (unpaired) electrons. The first-order chi connectivity index (χ1) is 13.3. The number of hydrogen-bond donors (Lipinski definition) is 1. The van der Waals surface area contributed by atoms with E-state index in [-0.39, 0.29) is 6.04 Å². The molecule has 0 aliphatic rings. The molecule has 2 rings (SSSR count). The molecule has 6 heteroatoms. The highest BCUT2D eigenvalue weighted by Gasteiger charge is 2.20. The summed E-state index contributed by atoms with van der Waals surface area (Å²) in [5.74, 6) is 1.46. The minimum absolute atomic E-state index is 0.113. The molecule has 0 aliphatic carbocycles. The van der Waals surface area contributed by atoms with Crippen LogP contribution < -0.4 is 14.8 Å². The third-order valence-corrected chi connectivity index (χ3v) is 4.35. The Hall–Kier alpha value is -2.60. The molecule has 0 aliphatic heterocycles. The third-order valence-electron chi connectivity index (χ3n) is 4.35. The van der Waals surface area contributed by atoms with E-state index in [9.17, 15) is 0 Å². The summed E-state index contributed by atoms with van der Waals surface area (Å²) in [6.07, 6.45) is 0. The molecular weight excluding hydrogens is 354 g/mol. The lowest BCUT2D eigenvalue weighted by atomic mass is 10.0. The zero-order valence-electron chi connectivity index (χ0n) is 17.9. The standard InChI is InChI=1S/C22H31N3O3/c1-13(2)17-10-9-16(22(24-17)28-8)21-19(27-7)11-18(20(25-21)14(3)4)23-15(5)12-26-6/h9-11,13,15,23H,3,12H2,1-2,4-8H3. The van der Waals surface area contributed by atoms with Crippen molar-refractivity contribution in [1.82, 2.24) is 9.97 Å². The highest BCUT2D eigenvalue weighted by Crippen LogP contribution is 2.38. The van der Waals surface area contributed by atoms with Crippen molar-refractivity contribution in [3.05, 3.63) is 36.2 Å². The Balaban J connectivity index is 2.62. The first kappa shape index (κ1) is 21.7. The number of anilines is 1. The Kier molecular flexibility index (Phi) is 7.40. The summed E-state index contributed by atoms with van der Waals surface area (Å²) >= 11 is 0. The van der Waals surface area contributed by atoms with Gasteiger partial charge in [-0.15, -0.1) is 0 Å². The Morgan fingerprint density at radius 1 is 1.11 bits per heavy atom. The minimum atomic E-state index is 0.113. The lowest BCUT2D eigenvalue weighted by molar-refractivity contribution is 0.190. The number of nitrogens with one attached hydrogen (secondary N) is 1. The first-order valence-corrected chi connectivity index (χ1v) is 9.38. The van der Waals surface area contributed by atoms with Crippen molar-refractivity contribution in [1.29, 1.82) is 0 Å². The molecule has 0 saturated carbocycles. The monoisotopic (exact) mass is 385 g/mol. The van der Waals surface area contributed by atoms with Gasteiger partial charge in [-0.2, -0.15) is 0 Å². The number of nitrogens with zero attached hydrogens (tertiary/aromatic N) is 2. The van der Waals surface area contributed by atoms with Gasteiger partial charge in [-0.1, -0.05) is 20.4 Å². The van der Waals surface area contributed by atoms with Gasteiger partial charge in [0.25, 0.3) is 0 Å². The summed E-state index contributed by atoms with van der Waals surface area (Å²) < 4.78 is 16.4. The van der Waals surface area contributed by atoms with Crippen LogP contribution in [0.2, 0.25) is 0 Å². The Morgan fingerprint density at radius 3 is 2.36 bits per heavy atom. The fourth-order valence-corrected chi connectivity index (χ4v) is 2.95. The van der Waals surface area contributed by atoms with Gasteiger partial charge in [-0.3, -0.25) is 0 Å². The predicted molar refractivity (Wildman–Crippen MR) is 114 cm³/mol. The average Bonchev–Trinajstić information content (AvgIpc) is 2.66. The van der Waals surface area contributed by atoms with Gasteiger partial charge in [0.2, 0.25) is 5.88 Å². The fourth-order valence-electron chi connectivity index (χ4n) is 2.95. The second kappa shape index (κ2) is 9.55. The molecule has 2 heterocycles. The van der Waals surface area contributed by atoms with Crippen molar-refractivity contribution in [3.63, 3.8) is 0 Å². The number of rotatable bonds is 9. The molecule has 0 bridgehead atoms. The van der Waals surface area contributed by atoms with Crippen molar-refractivity contribution in [3.8, 4) is 22.9 Å². The Bertz CT molecular complexity index is 834. The number of aromatic nitrogens is 2. The summed E-state index contributed by atoms with van der Waals surface area (Å²) in [5, 5.41) is 3.42. The smallest absolute Gasteiger partial charge is 0.223 e. The van der Waals surface area contributed by atoms with Gasteiger partial charge in [0, 0.05) is 24.9 Å². The maximum Gasteiger partial charge on any atom is 0.223 e. The molecule has 28 heavy (non-hydrogen) atoms. The van der Waals surface area contributed by atoms with E-state index in [2.05, 4.69) is 30.7 Å². The van der Waals surface area contributed by atoms with Gasteiger partial charge in [-0.25, -0.2) is 9.97 Å². The lowest BCUT2D eigenvalue weighted by Gasteiger charge is -2.20. The molecule has 152 valence electrons. The van der Waals surface area contributed by atoms with E-state index in [1.807, 2.05) is 32.0 Å². The molecule has 6 nitrogen and oxygen atoms in total.